The summed E-state index contributed by atoms with van der Waals surface area (Å²) in [6, 6.07) is 53.7. The lowest BCUT2D eigenvalue weighted by molar-refractivity contribution is -0.0399. The molecule has 55 heavy (non-hydrogen) atoms. The zero-order valence-corrected chi connectivity index (χ0v) is 33.0. The first kappa shape index (κ1) is 33.5. The van der Waals surface area contributed by atoms with E-state index in [-0.39, 0.29) is 16.2 Å². The number of benzene rings is 6. The maximum absolute atomic E-state index is 2.67. The molecule has 0 saturated heterocycles. The molecule has 6 aliphatic carbocycles. The first-order chi connectivity index (χ1) is 26.7. The first-order valence-corrected chi connectivity index (χ1v) is 21.2. The average Bonchev–Trinajstić information content (AvgIpc) is 3.50. The third-order valence-corrected chi connectivity index (χ3v) is 15.3. The molecule has 12 rings (SSSR count). The van der Waals surface area contributed by atoms with Gasteiger partial charge in [-0.25, -0.2) is 0 Å². The van der Waals surface area contributed by atoms with Gasteiger partial charge in [0.25, 0.3) is 0 Å². The molecule has 1 spiro atoms. The van der Waals surface area contributed by atoms with Gasteiger partial charge in [0, 0.05) is 27.9 Å². The molecule has 0 unspecified atom stereocenters. The Morgan fingerprint density at radius 1 is 0.436 bits per heavy atom. The van der Waals surface area contributed by atoms with Gasteiger partial charge >= 0.3 is 0 Å². The molecule has 0 aromatic heterocycles. The lowest BCUT2D eigenvalue weighted by atomic mass is 9.43. The second kappa shape index (κ2) is 12.1. The van der Waals surface area contributed by atoms with Gasteiger partial charge in [0.1, 0.15) is 0 Å². The molecule has 1 nitrogen and oxygen atoms in total. The lowest BCUT2D eigenvalue weighted by Crippen LogP contribution is -2.55. The summed E-state index contributed by atoms with van der Waals surface area (Å²) in [6.45, 7) is 9.82. The van der Waals surface area contributed by atoms with Gasteiger partial charge in [-0.3, -0.25) is 0 Å². The molecule has 4 saturated carbocycles. The quantitative estimate of drug-likeness (QED) is 0.172. The predicted molar refractivity (Wildman–Crippen MR) is 231 cm³/mol. The van der Waals surface area contributed by atoms with E-state index < -0.39 is 0 Å². The Bertz CT molecular complexity index is 2400. The van der Waals surface area contributed by atoms with Gasteiger partial charge in [-0.05, 0) is 148 Å². The van der Waals surface area contributed by atoms with E-state index in [0.29, 0.717) is 11.8 Å². The number of anilines is 3. The minimum absolute atomic E-state index is 0.0913. The van der Waals surface area contributed by atoms with Crippen LogP contribution in [0.5, 0.6) is 0 Å². The summed E-state index contributed by atoms with van der Waals surface area (Å²) in [5.74, 6) is 3.25. The molecule has 4 bridgehead atoms. The van der Waals surface area contributed by atoms with Gasteiger partial charge in [-0.1, -0.05) is 143 Å². The van der Waals surface area contributed by atoms with Crippen molar-refractivity contribution in [3.8, 4) is 33.4 Å². The molecular weight excluding hydrogens is 663 g/mol. The van der Waals surface area contributed by atoms with Crippen LogP contribution in [0.1, 0.15) is 94.9 Å². The van der Waals surface area contributed by atoms with Gasteiger partial charge < -0.3 is 4.90 Å². The van der Waals surface area contributed by atoms with Crippen LogP contribution >= 0.6 is 0 Å². The summed E-state index contributed by atoms with van der Waals surface area (Å²) in [5.41, 5.74) is 18.4. The van der Waals surface area contributed by atoms with Crippen LogP contribution in [0.4, 0.5) is 17.1 Å². The molecule has 6 aliphatic rings. The van der Waals surface area contributed by atoms with Crippen LogP contribution in [0.15, 0.2) is 140 Å². The molecule has 4 fully saturated rings. The predicted octanol–water partition coefficient (Wildman–Crippen LogP) is 14.6. The van der Waals surface area contributed by atoms with Crippen molar-refractivity contribution in [1.82, 2.24) is 0 Å². The SMILES string of the molecule is CC1(C)CCC(C)(C)c2cc(N(c3ccc(-c4ccccc4)cc3)c3c(-c4ccccc4)ccc4c3-c3ccccc3C43C4CC5CC(C4)CC3C5)ccc21. The van der Waals surface area contributed by atoms with Crippen molar-refractivity contribution < 1.29 is 0 Å². The Kier molecular flexibility index (Phi) is 7.34. The second-order valence-corrected chi connectivity index (χ2v) is 19.2. The van der Waals surface area contributed by atoms with E-state index in [1.807, 2.05) is 0 Å². The zero-order chi connectivity index (χ0) is 37.1. The Hall–Kier alpha value is -4.88. The Morgan fingerprint density at radius 2 is 0.982 bits per heavy atom. The highest BCUT2D eigenvalue weighted by molar-refractivity contribution is 6.02. The van der Waals surface area contributed by atoms with Crippen molar-refractivity contribution in [2.24, 2.45) is 23.7 Å². The largest absolute Gasteiger partial charge is 0.309 e. The van der Waals surface area contributed by atoms with Gasteiger partial charge in [0.2, 0.25) is 0 Å². The maximum atomic E-state index is 2.67. The molecule has 6 aromatic carbocycles. The third-order valence-electron chi connectivity index (χ3n) is 15.3. The molecule has 0 amide bonds. The minimum Gasteiger partial charge on any atom is -0.309 e. The minimum atomic E-state index is 0.0913. The summed E-state index contributed by atoms with van der Waals surface area (Å²) in [4.78, 5) is 2.67. The van der Waals surface area contributed by atoms with Gasteiger partial charge in [0.05, 0.1) is 5.69 Å². The number of rotatable bonds is 5. The fraction of sp³-hybridized carbons (Fsp3) is 0.333. The topological polar surface area (TPSA) is 3.24 Å². The summed E-state index contributed by atoms with van der Waals surface area (Å²) in [7, 11) is 0. The standard InChI is InChI=1S/C54H53N/c1-52(2)27-28-53(3,4)49-34-43(23-25-47(49)52)55(42-21-19-38(20-22-42)37-13-7-5-8-14-37)51-44(39-15-9-6-10-16-39)24-26-48-50(51)45-17-11-12-18-46(45)54(48)40-30-35-29-36(32-40)33-41(54)31-35/h5-26,34-36,40-41H,27-33H2,1-4H3. The lowest BCUT2D eigenvalue weighted by Gasteiger charge is -2.61. The van der Waals surface area contributed by atoms with Crippen LogP contribution in [-0.4, -0.2) is 0 Å². The number of hydrogen-bond acceptors (Lipinski definition) is 1. The average molecular weight is 716 g/mol. The number of fused-ring (bicyclic) bond motifs is 4. The molecule has 0 heterocycles. The third kappa shape index (κ3) is 4.90. The van der Waals surface area contributed by atoms with Crippen molar-refractivity contribution in [3.05, 3.63) is 162 Å². The fourth-order valence-electron chi connectivity index (χ4n) is 12.9. The Balaban J connectivity index is 1.22. The Morgan fingerprint density at radius 3 is 1.65 bits per heavy atom. The summed E-state index contributed by atoms with van der Waals surface area (Å²) in [6.07, 6.45) is 9.42. The van der Waals surface area contributed by atoms with Crippen molar-refractivity contribution in [3.63, 3.8) is 0 Å². The van der Waals surface area contributed by atoms with Crippen LogP contribution in [0.2, 0.25) is 0 Å². The number of nitrogens with zero attached hydrogens (tertiary/aromatic N) is 1. The molecular formula is C54H53N. The molecule has 6 aromatic rings. The normalized spacial score (nSPS) is 26.0. The summed E-state index contributed by atoms with van der Waals surface area (Å²) < 4.78 is 0. The van der Waals surface area contributed by atoms with Gasteiger partial charge in [-0.15, -0.1) is 0 Å². The van der Waals surface area contributed by atoms with Crippen LogP contribution in [0, 0.1) is 23.7 Å². The summed E-state index contributed by atoms with van der Waals surface area (Å²) in [5, 5.41) is 0. The van der Waals surface area contributed by atoms with E-state index in [2.05, 4.69) is 172 Å². The molecule has 0 atom stereocenters. The molecule has 0 aliphatic heterocycles. The van der Waals surface area contributed by atoms with Crippen LogP contribution in [0.25, 0.3) is 33.4 Å². The van der Waals surface area contributed by atoms with E-state index in [0.717, 1.165) is 11.8 Å². The van der Waals surface area contributed by atoms with Crippen LogP contribution in [-0.2, 0) is 16.2 Å². The highest BCUT2D eigenvalue weighted by Gasteiger charge is 2.62. The maximum Gasteiger partial charge on any atom is 0.0621 e. The molecule has 274 valence electrons. The first-order valence-electron chi connectivity index (χ1n) is 21.2. The summed E-state index contributed by atoms with van der Waals surface area (Å²) >= 11 is 0. The van der Waals surface area contributed by atoms with Crippen LogP contribution in [0.3, 0.4) is 0 Å². The van der Waals surface area contributed by atoms with E-state index >= 15 is 0 Å². The molecule has 0 radical (unpaired) electrons. The second-order valence-electron chi connectivity index (χ2n) is 19.2. The molecule has 0 N–H and O–H groups in total. The van der Waals surface area contributed by atoms with Crippen molar-refractivity contribution in [1.29, 1.82) is 0 Å². The van der Waals surface area contributed by atoms with Gasteiger partial charge in [-0.2, -0.15) is 0 Å². The fourth-order valence-corrected chi connectivity index (χ4v) is 12.9. The van der Waals surface area contributed by atoms with Crippen molar-refractivity contribution in [2.75, 3.05) is 4.90 Å². The van der Waals surface area contributed by atoms with E-state index in [1.165, 1.54) is 107 Å². The zero-order valence-electron chi connectivity index (χ0n) is 33.0. The smallest absolute Gasteiger partial charge is 0.0621 e. The van der Waals surface area contributed by atoms with E-state index in [1.54, 1.807) is 11.1 Å². The highest BCUT2D eigenvalue weighted by atomic mass is 15.1. The number of hydrogen-bond donors (Lipinski definition) is 0. The molecule has 1 heteroatoms. The van der Waals surface area contributed by atoms with Crippen LogP contribution < -0.4 is 4.90 Å². The van der Waals surface area contributed by atoms with Crippen molar-refractivity contribution in [2.45, 2.75) is 88.9 Å². The Labute approximate surface area is 328 Å². The van der Waals surface area contributed by atoms with Gasteiger partial charge in [0.15, 0.2) is 0 Å². The van der Waals surface area contributed by atoms with E-state index in [4.69, 9.17) is 0 Å². The van der Waals surface area contributed by atoms with Crippen molar-refractivity contribution >= 4 is 17.1 Å². The highest BCUT2D eigenvalue weighted by Crippen LogP contribution is 2.71. The monoisotopic (exact) mass is 715 g/mol. The van der Waals surface area contributed by atoms with E-state index in [9.17, 15) is 0 Å².